The van der Waals surface area contributed by atoms with Gasteiger partial charge in [0.25, 0.3) is 5.91 Å². The maximum absolute atomic E-state index is 12.7. The van der Waals surface area contributed by atoms with Gasteiger partial charge in [0.15, 0.2) is 0 Å². The monoisotopic (exact) mass is 591 g/mol. The summed E-state index contributed by atoms with van der Waals surface area (Å²) >= 11 is 0. The highest BCUT2D eigenvalue weighted by atomic mass is 16.5. The van der Waals surface area contributed by atoms with E-state index in [2.05, 4.69) is 46.9 Å². The molecule has 2 fully saturated rings. The fourth-order valence-electron chi connectivity index (χ4n) is 5.56. The van der Waals surface area contributed by atoms with Crippen LogP contribution in [-0.4, -0.2) is 74.8 Å². The molecular formula is C34H53N7O2. The van der Waals surface area contributed by atoms with Crippen molar-refractivity contribution in [1.82, 2.24) is 26.2 Å². The van der Waals surface area contributed by atoms with E-state index in [1.54, 1.807) is 0 Å². The molecule has 9 heteroatoms. The van der Waals surface area contributed by atoms with Gasteiger partial charge in [0.2, 0.25) is 0 Å². The second-order valence-corrected chi connectivity index (χ2v) is 12.4. The van der Waals surface area contributed by atoms with Crippen LogP contribution in [-0.2, 0) is 4.74 Å². The van der Waals surface area contributed by atoms with Gasteiger partial charge in [-0.25, -0.2) is 4.99 Å². The predicted octanol–water partition coefficient (Wildman–Crippen LogP) is 4.80. The number of ether oxygens (including phenoxy) is 1. The van der Waals surface area contributed by atoms with Crippen molar-refractivity contribution in [3.63, 3.8) is 0 Å². The summed E-state index contributed by atoms with van der Waals surface area (Å²) in [5.74, 6) is 3.60. The highest BCUT2D eigenvalue weighted by molar-refractivity contribution is 6.11. The van der Waals surface area contributed by atoms with Crippen LogP contribution in [0, 0.1) is 24.2 Å². The molecule has 0 bridgehead atoms. The predicted molar refractivity (Wildman–Crippen MR) is 176 cm³/mol. The fourth-order valence-corrected chi connectivity index (χ4v) is 5.56. The molecule has 9 nitrogen and oxygen atoms in total. The third-order valence-electron chi connectivity index (χ3n) is 8.74. The lowest BCUT2D eigenvalue weighted by Gasteiger charge is -2.27. The van der Waals surface area contributed by atoms with Crippen molar-refractivity contribution in [3.8, 4) is 0 Å². The van der Waals surface area contributed by atoms with Gasteiger partial charge in [-0.05, 0) is 61.6 Å². The number of benzene rings is 1. The molecule has 1 saturated carbocycles. The van der Waals surface area contributed by atoms with Gasteiger partial charge in [0, 0.05) is 62.2 Å². The van der Waals surface area contributed by atoms with Crippen molar-refractivity contribution in [3.05, 3.63) is 52.6 Å². The maximum atomic E-state index is 12.7. The zero-order valence-electron chi connectivity index (χ0n) is 26.7. The molecule has 2 heterocycles. The van der Waals surface area contributed by atoms with Gasteiger partial charge in [0.1, 0.15) is 17.5 Å². The summed E-state index contributed by atoms with van der Waals surface area (Å²) in [7, 11) is 0. The first kappa shape index (κ1) is 32.7. The summed E-state index contributed by atoms with van der Waals surface area (Å²) in [5.41, 5.74) is 3.10. The zero-order chi connectivity index (χ0) is 30.6. The van der Waals surface area contributed by atoms with Crippen molar-refractivity contribution in [1.29, 1.82) is 5.41 Å². The Morgan fingerprint density at radius 2 is 1.98 bits per heavy atom. The minimum atomic E-state index is -0.0273. The van der Waals surface area contributed by atoms with E-state index in [0.29, 0.717) is 28.9 Å². The van der Waals surface area contributed by atoms with E-state index in [-0.39, 0.29) is 5.91 Å². The normalized spacial score (nSPS) is 19.8. The van der Waals surface area contributed by atoms with Crippen LogP contribution in [0.5, 0.6) is 0 Å². The number of aryl methyl sites for hydroxylation is 1. The van der Waals surface area contributed by atoms with Crippen molar-refractivity contribution in [2.75, 3.05) is 45.9 Å². The Hall–Kier alpha value is -3.17. The number of allylic oxidation sites excluding steroid dienone is 1. The van der Waals surface area contributed by atoms with Gasteiger partial charge in [-0.2, -0.15) is 0 Å². The average molecular weight is 592 g/mol. The Bertz CT molecular complexity index is 1180. The van der Waals surface area contributed by atoms with Gasteiger partial charge in [-0.3, -0.25) is 9.69 Å². The van der Waals surface area contributed by atoms with Gasteiger partial charge >= 0.3 is 0 Å². The first-order valence-corrected chi connectivity index (χ1v) is 16.4. The van der Waals surface area contributed by atoms with E-state index in [4.69, 9.17) is 15.1 Å². The molecule has 2 unspecified atom stereocenters. The first-order chi connectivity index (χ1) is 20.9. The van der Waals surface area contributed by atoms with Crippen LogP contribution >= 0.6 is 0 Å². The van der Waals surface area contributed by atoms with Crippen molar-refractivity contribution in [2.24, 2.45) is 16.8 Å². The molecule has 1 aliphatic carbocycles. The van der Waals surface area contributed by atoms with Gasteiger partial charge < -0.3 is 31.4 Å². The summed E-state index contributed by atoms with van der Waals surface area (Å²) in [4.78, 5) is 20.0. The summed E-state index contributed by atoms with van der Waals surface area (Å²) < 4.78 is 5.49. The maximum Gasteiger partial charge on any atom is 0.251 e. The van der Waals surface area contributed by atoms with E-state index >= 15 is 0 Å². The van der Waals surface area contributed by atoms with Gasteiger partial charge in [-0.1, -0.05) is 52.2 Å². The molecule has 1 amide bonds. The van der Waals surface area contributed by atoms with E-state index < -0.39 is 0 Å². The molecule has 5 N–H and O–H groups in total. The standard InChI is InChI=1S/C34H53N7O2/c1-5-7-26(9-8-24(3)6-2)23-37-32-21-31(36-14-15-41-16-18-43-19-17-41)39-33(40-32)30(22-35)27-10-13-29(25(4)20-27)34(42)38-28-11-12-28/h10,13,20-22,24,26,28,35,37,40H,5-9,11-12,14-19,23H2,1-4H3,(H,36,39)(H,38,42)/b33-30+,35-22?. The number of hydrogen-bond donors (Lipinski definition) is 5. The van der Waals surface area contributed by atoms with Gasteiger partial charge in [0.05, 0.1) is 13.2 Å². The quantitative estimate of drug-likeness (QED) is 0.177. The minimum Gasteiger partial charge on any atom is -0.379 e. The Morgan fingerprint density at radius 3 is 2.65 bits per heavy atom. The average Bonchev–Trinajstić information content (AvgIpc) is 3.83. The van der Waals surface area contributed by atoms with Crippen LogP contribution in [0.1, 0.15) is 87.2 Å². The Morgan fingerprint density at radius 1 is 1.19 bits per heavy atom. The van der Waals surface area contributed by atoms with Crippen LogP contribution in [0.2, 0.25) is 0 Å². The number of nitrogens with one attached hydrogen (secondary N) is 5. The molecule has 2 aliphatic heterocycles. The number of carbonyl (C=O) groups excluding carboxylic acids is 1. The molecule has 4 rings (SSSR count). The van der Waals surface area contributed by atoms with Crippen LogP contribution in [0.25, 0.3) is 5.57 Å². The Kier molecular flexibility index (Phi) is 12.7. The number of nitrogens with zero attached hydrogens (tertiary/aromatic N) is 2. The van der Waals surface area contributed by atoms with E-state index in [1.807, 2.05) is 31.2 Å². The molecule has 2 atom stereocenters. The summed E-state index contributed by atoms with van der Waals surface area (Å²) in [5, 5.41) is 22.1. The highest BCUT2D eigenvalue weighted by Gasteiger charge is 2.25. The molecule has 0 radical (unpaired) electrons. The largest absolute Gasteiger partial charge is 0.379 e. The second-order valence-electron chi connectivity index (χ2n) is 12.4. The number of morpholine rings is 1. The molecule has 236 valence electrons. The van der Waals surface area contributed by atoms with E-state index in [0.717, 1.165) is 87.5 Å². The first-order valence-electron chi connectivity index (χ1n) is 16.4. The van der Waals surface area contributed by atoms with Crippen molar-refractivity contribution >= 4 is 23.5 Å². The number of rotatable bonds is 16. The lowest BCUT2D eigenvalue weighted by Crippen LogP contribution is -2.42. The molecule has 0 aromatic heterocycles. The van der Waals surface area contributed by atoms with E-state index in [1.165, 1.54) is 38.3 Å². The zero-order valence-corrected chi connectivity index (χ0v) is 26.7. The number of hydrogen-bond acceptors (Lipinski definition) is 8. The lowest BCUT2D eigenvalue weighted by molar-refractivity contribution is 0.0389. The Balaban J connectivity index is 1.52. The van der Waals surface area contributed by atoms with Crippen LogP contribution in [0.4, 0.5) is 0 Å². The molecule has 0 spiro atoms. The van der Waals surface area contributed by atoms with Gasteiger partial charge in [-0.15, -0.1) is 0 Å². The molecule has 1 saturated heterocycles. The minimum absolute atomic E-state index is 0.0273. The number of carbonyl (C=O) groups is 1. The van der Waals surface area contributed by atoms with Crippen LogP contribution < -0.4 is 21.3 Å². The topological polar surface area (TPSA) is 114 Å². The van der Waals surface area contributed by atoms with Crippen molar-refractivity contribution in [2.45, 2.75) is 78.7 Å². The third-order valence-corrected chi connectivity index (χ3v) is 8.74. The Labute approximate surface area is 258 Å². The SMILES string of the molecule is CCCC(CCC(C)CC)CNC1=CC(NCCN2CCOCC2)=N/C(=C(/C=N)c2ccc(C(=O)NC3CC3)c(C)c2)N1. The molecule has 3 aliphatic rings. The number of amidine groups is 1. The van der Waals surface area contributed by atoms with Crippen LogP contribution in [0.3, 0.4) is 0 Å². The molecule has 1 aromatic carbocycles. The number of amides is 1. The smallest absolute Gasteiger partial charge is 0.251 e. The van der Waals surface area contributed by atoms with Crippen molar-refractivity contribution < 1.29 is 9.53 Å². The van der Waals surface area contributed by atoms with E-state index in [9.17, 15) is 4.79 Å². The lowest BCUT2D eigenvalue weighted by atomic mass is 9.92. The highest BCUT2D eigenvalue weighted by Crippen LogP contribution is 2.24. The second kappa shape index (κ2) is 16.6. The molecular weight excluding hydrogens is 538 g/mol. The van der Waals surface area contributed by atoms with Crippen LogP contribution in [0.15, 0.2) is 40.9 Å². The summed E-state index contributed by atoms with van der Waals surface area (Å²) in [6.07, 6.45) is 11.6. The fraction of sp³-hybridized carbons (Fsp3) is 0.618. The third kappa shape index (κ3) is 10.2. The number of aliphatic imine (C=N–C) groups is 1. The summed E-state index contributed by atoms with van der Waals surface area (Å²) in [6, 6.07) is 6.07. The molecule has 43 heavy (non-hydrogen) atoms. The summed E-state index contributed by atoms with van der Waals surface area (Å²) in [6.45, 7) is 14.9. The molecule has 1 aromatic rings.